The zero-order valence-electron chi connectivity index (χ0n) is 11.1. The van der Waals surface area contributed by atoms with E-state index >= 15 is 0 Å². The Morgan fingerprint density at radius 1 is 1.18 bits per heavy atom. The molecule has 17 heavy (non-hydrogen) atoms. The summed E-state index contributed by atoms with van der Waals surface area (Å²) >= 11 is 0. The van der Waals surface area contributed by atoms with Gasteiger partial charge in [-0.1, -0.05) is 55.8 Å². The van der Waals surface area contributed by atoms with Crippen LogP contribution in [0.5, 0.6) is 0 Å². The van der Waals surface area contributed by atoms with Crippen LogP contribution in [0.25, 0.3) is 0 Å². The highest BCUT2D eigenvalue weighted by molar-refractivity contribution is 5.19. The molecule has 0 aliphatic rings. The first-order valence-electron chi connectivity index (χ1n) is 6.30. The predicted octanol–water partition coefficient (Wildman–Crippen LogP) is 4.85. The Bertz CT molecular complexity index is 374. The quantitative estimate of drug-likeness (QED) is 0.501. The van der Waals surface area contributed by atoms with Crippen molar-refractivity contribution >= 4 is 0 Å². The Hall–Kier alpha value is -1.50. The summed E-state index contributed by atoms with van der Waals surface area (Å²) in [5, 5.41) is 0. The van der Waals surface area contributed by atoms with E-state index in [0.29, 0.717) is 6.61 Å². The maximum absolute atomic E-state index is 5.81. The van der Waals surface area contributed by atoms with Gasteiger partial charge in [0.25, 0.3) is 0 Å². The molecule has 0 amide bonds. The van der Waals surface area contributed by atoms with Crippen molar-refractivity contribution in [3.8, 4) is 0 Å². The average Bonchev–Trinajstić information content (AvgIpc) is 2.36. The normalized spacial score (nSPS) is 12.6. The van der Waals surface area contributed by atoms with Crippen LogP contribution < -0.4 is 0 Å². The highest BCUT2D eigenvalue weighted by atomic mass is 16.5. The van der Waals surface area contributed by atoms with Crippen LogP contribution in [0, 0.1) is 0 Å². The summed E-state index contributed by atoms with van der Waals surface area (Å²) in [5.41, 5.74) is 2.49. The lowest BCUT2D eigenvalue weighted by atomic mass is 10.2. The van der Waals surface area contributed by atoms with E-state index in [1.807, 2.05) is 18.2 Å². The number of hydrogen-bond donors (Lipinski definition) is 0. The minimum absolute atomic E-state index is 0.653. The van der Waals surface area contributed by atoms with Crippen LogP contribution in [0.1, 0.15) is 39.2 Å². The molecule has 1 rings (SSSR count). The van der Waals surface area contributed by atoms with Gasteiger partial charge >= 0.3 is 0 Å². The molecule has 1 aromatic carbocycles. The van der Waals surface area contributed by atoms with Gasteiger partial charge in [0, 0.05) is 6.42 Å². The average molecular weight is 230 g/mol. The molecule has 1 nitrogen and oxygen atoms in total. The lowest BCUT2D eigenvalue weighted by Gasteiger charge is -2.09. The van der Waals surface area contributed by atoms with Crippen LogP contribution in [0.15, 0.2) is 53.8 Å². The van der Waals surface area contributed by atoms with Gasteiger partial charge in [0.05, 0.1) is 5.76 Å². The third-order valence-corrected chi connectivity index (χ3v) is 2.53. The molecule has 0 N–H and O–H groups in total. The topological polar surface area (TPSA) is 9.23 Å². The Kier molecular flexibility index (Phi) is 6.16. The summed E-state index contributed by atoms with van der Waals surface area (Å²) in [4.78, 5) is 0. The number of hydrogen-bond acceptors (Lipinski definition) is 1. The van der Waals surface area contributed by atoms with Crippen LogP contribution >= 0.6 is 0 Å². The summed E-state index contributed by atoms with van der Waals surface area (Å²) in [6, 6.07) is 10.3. The van der Waals surface area contributed by atoms with Crippen molar-refractivity contribution in [3.05, 3.63) is 59.4 Å². The maximum atomic E-state index is 5.81. The molecule has 0 unspecified atom stereocenters. The molecule has 92 valence electrons. The van der Waals surface area contributed by atoms with Gasteiger partial charge in [-0.3, -0.25) is 0 Å². The summed E-state index contributed by atoms with van der Waals surface area (Å²) in [6.45, 7) is 7.04. The van der Waals surface area contributed by atoms with Crippen molar-refractivity contribution in [2.24, 2.45) is 0 Å². The second kappa shape index (κ2) is 7.72. The molecule has 0 aromatic heterocycles. The molecule has 0 atom stereocenters. The second-order valence-corrected chi connectivity index (χ2v) is 4.09. The van der Waals surface area contributed by atoms with Gasteiger partial charge in [0.1, 0.15) is 6.61 Å². The van der Waals surface area contributed by atoms with Gasteiger partial charge in [0.15, 0.2) is 0 Å². The maximum Gasteiger partial charge on any atom is 0.113 e. The fraction of sp³-hybridized carbons (Fsp3) is 0.375. The molecule has 0 saturated heterocycles. The zero-order chi connectivity index (χ0) is 12.5. The highest BCUT2D eigenvalue weighted by Gasteiger charge is 1.97. The monoisotopic (exact) mass is 230 g/mol. The molecule has 0 aliphatic carbocycles. The minimum atomic E-state index is 0.653. The van der Waals surface area contributed by atoms with Crippen molar-refractivity contribution in [1.82, 2.24) is 0 Å². The van der Waals surface area contributed by atoms with E-state index in [2.05, 4.69) is 45.1 Å². The molecule has 1 heteroatoms. The van der Waals surface area contributed by atoms with Crippen LogP contribution in [0.2, 0.25) is 0 Å². The van der Waals surface area contributed by atoms with Gasteiger partial charge in [-0.05, 0) is 25.0 Å². The van der Waals surface area contributed by atoms with Crippen molar-refractivity contribution < 1.29 is 4.74 Å². The Labute approximate surface area is 105 Å². The molecule has 1 aromatic rings. The van der Waals surface area contributed by atoms with Crippen LogP contribution in [0.3, 0.4) is 0 Å². The van der Waals surface area contributed by atoms with Crippen LogP contribution in [-0.2, 0) is 11.3 Å². The number of rotatable bonds is 6. The van der Waals surface area contributed by atoms with E-state index in [4.69, 9.17) is 4.74 Å². The molecular weight excluding hydrogens is 208 g/mol. The standard InChI is InChI=1S/C16H22O/c1-4-9-14(3)12-16(5-2)17-13-15-10-7-6-8-11-15/h6-12H,4-5,13H2,1-3H3/b14-9-,16-12+. The summed E-state index contributed by atoms with van der Waals surface area (Å²) in [7, 11) is 0. The van der Waals surface area contributed by atoms with Crippen molar-refractivity contribution in [1.29, 1.82) is 0 Å². The third kappa shape index (κ3) is 5.39. The summed E-state index contributed by atoms with van der Waals surface area (Å²) in [5.74, 6) is 1.05. The Morgan fingerprint density at radius 3 is 2.47 bits per heavy atom. The second-order valence-electron chi connectivity index (χ2n) is 4.09. The van der Waals surface area contributed by atoms with E-state index in [-0.39, 0.29) is 0 Å². The summed E-state index contributed by atoms with van der Waals surface area (Å²) in [6.07, 6.45) is 6.34. The molecule has 0 aliphatic heterocycles. The molecule has 0 heterocycles. The molecular formula is C16H22O. The lowest BCUT2D eigenvalue weighted by molar-refractivity contribution is 0.191. The summed E-state index contributed by atoms with van der Waals surface area (Å²) < 4.78 is 5.81. The van der Waals surface area contributed by atoms with E-state index in [0.717, 1.165) is 18.6 Å². The number of ether oxygens (including phenoxy) is 1. The lowest BCUT2D eigenvalue weighted by Crippen LogP contribution is -1.93. The fourth-order valence-electron chi connectivity index (χ4n) is 1.63. The van der Waals surface area contributed by atoms with E-state index in [1.54, 1.807) is 0 Å². The minimum Gasteiger partial charge on any atom is -0.493 e. The highest BCUT2D eigenvalue weighted by Crippen LogP contribution is 2.11. The van der Waals surface area contributed by atoms with E-state index < -0.39 is 0 Å². The van der Waals surface area contributed by atoms with Crippen LogP contribution in [0.4, 0.5) is 0 Å². The Balaban J connectivity index is 2.56. The van der Waals surface area contributed by atoms with Gasteiger partial charge < -0.3 is 4.74 Å². The van der Waals surface area contributed by atoms with Gasteiger partial charge in [0.2, 0.25) is 0 Å². The molecule has 0 saturated carbocycles. The first-order chi connectivity index (χ1) is 8.26. The fourth-order valence-corrected chi connectivity index (χ4v) is 1.63. The molecule has 0 bridgehead atoms. The largest absolute Gasteiger partial charge is 0.493 e. The van der Waals surface area contributed by atoms with Gasteiger partial charge in [-0.15, -0.1) is 0 Å². The van der Waals surface area contributed by atoms with E-state index in [1.165, 1.54) is 11.1 Å². The SMILES string of the molecule is CC/C=C(C)\C=C(/CC)OCc1ccccc1. The Morgan fingerprint density at radius 2 is 1.88 bits per heavy atom. The first-order valence-corrected chi connectivity index (χ1v) is 6.30. The van der Waals surface area contributed by atoms with Gasteiger partial charge in [-0.25, -0.2) is 0 Å². The molecule has 0 spiro atoms. The van der Waals surface area contributed by atoms with Crippen LogP contribution in [-0.4, -0.2) is 0 Å². The van der Waals surface area contributed by atoms with E-state index in [9.17, 15) is 0 Å². The van der Waals surface area contributed by atoms with Crippen molar-refractivity contribution in [2.45, 2.75) is 40.2 Å². The number of allylic oxidation sites excluding steroid dienone is 4. The first kappa shape index (κ1) is 13.6. The van der Waals surface area contributed by atoms with Crippen molar-refractivity contribution in [3.63, 3.8) is 0 Å². The molecule has 0 fully saturated rings. The molecule has 0 radical (unpaired) electrons. The predicted molar refractivity (Wildman–Crippen MR) is 73.7 cm³/mol. The third-order valence-electron chi connectivity index (χ3n) is 2.53. The van der Waals surface area contributed by atoms with Gasteiger partial charge in [-0.2, -0.15) is 0 Å². The number of benzene rings is 1. The smallest absolute Gasteiger partial charge is 0.113 e. The van der Waals surface area contributed by atoms with Crippen molar-refractivity contribution in [2.75, 3.05) is 0 Å². The zero-order valence-corrected chi connectivity index (χ0v) is 11.1.